The summed E-state index contributed by atoms with van der Waals surface area (Å²) in [5, 5.41) is 17.7. The molecule has 2 unspecified atom stereocenters. The van der Waals surface area contributed by atoms with Crippen LogP contribution in [0.4, 0.5) is 0 Å². The highest BCUT2D eigenvalue weighted by atomic mass is 31.2. The molecule has 0 aliphatic heterocycles. The van der Waals surface area contributed by atoms with Crippen LogP contribution in [0.2, 0.25) is 0 Å². The quantitative estimate of drug-likeness (QED) is 0.525. The van der Waals surface area contributed by atoms with E-state index < -0.39 is 7.60 Å². The number of aliphatic hydroxyl groups is 2. The van der Waals surface area contributed by atoms with Gasteiger partial charge in [0.15, 0.2) is 0 Å². The highest BCUT2D eigenvalue weighted by Crippen LogP contribution is 2.48. The SMILES string of the molecule is CCC(C)OP(=O)(O)Cc1cc(OCCO)cc(OCCO)c1. The van der Waals surface area contributed by atoms with Crippen molar-refractivity contribution in [2.24, 2.45) is 0 Å². The Balaban J connectivity index is 2.91. The Morgan fingerprint density at radius 1 is 1.09 bits per heavy atom. The number of benzene rings is 1. The molecule has 0 aromatic heterocycles. The summed E-state index contributed by atoms with van der Waals surface area (Å²) in [6.45, 7) is 3.51. The Hall–Kier alpha value is -1.11. The van der Waals surface area contributed by atoms with E-state index in [0.29, 0.717) is 23.5 Å². The van der Waals surface area contributed by atoms with E-state index in [1.807, 2.05) is 6.92 Å². The maximum Gasteiger partial charge on any atom is 0.332 e. The molecule has 0 bridgehead atoms. The van der Waals surface area contributed by atoms with Crippen molar-refractivity contribution in [3.63, 3.8) is 0 Å². The summed E-state index contributed by atoms with van der Waals surface area (Å²) in [5.74, 6) is 0.820. The molecule has 0 saturated carbocycles. The van der Waals surface area contributed by atoms with Crippen LogP contribution in [0.25, 0.3) is 0 Å². The van der Waals surface area contributed by atoms with Gasteiger partial charge in [-0.3, -0.25) is 4.57 Å². The largest absolute Gasteiger partial charge is 0.491 e. The zero-order chi connectivity index (χ0) is 17.3. The van der Waals surface area contributed by atoms with E-state index in [4.69, 9.17) is 24.2 Å². The van der Waals surface area contributed by atoms with E-state index in [2.05, 4.69) is 0 Å². The molecule has 132 valence electrons. The van der Waals surface area contributed by atoms with Crippen LogP contribution in [0.5, 0.6) is 11.5 Å². The van der Waals surface area contributed by atoms with Crippen LogP contribution >= 0.6 is 7.60 Å². The first kappa shape index (κ1) is 19.9. The first-order chi connectivity index (χ1) is 10.9. The zero-order valence-corrected chi connectivity index (χ0v) is 14.4. The van der Waals surface area contributed by atoms with Gasteiger partial charge >= 0.3 is 7.60 Å². The van der Waals surface area contributed by atoms with Gasteiger partial charge in [0.1, 0.15) is 24.7 Å². The van der Waals surface area contributed by atoms with Crippen LogP contribution in [-0.2, 0) is 15.3 Å². The summed E-state index contributed by atoms with van der Waals surface area (Å²) in [4.78, 5) is 9.98. The molecule has 0 fully saturated rings. The number of rotatable bonds is 11. The van der Waals surface area contributed by atoms with Gasteiger partial charge in [-0.15, -0.1) is 0 Å². The minimum absolute atomic E-state index is 0.100. The molecule has 0 spiro atoms. The first-order valence-corrected chi connectivity index (χ1v) is 9.28. The Kier molecular flexibility index (Phi) is 8.58. The van der Waals surface area contributed by atoms with Gasteiger partial charge in [0, 0.05) is 6.07 Å². The highest BCUT2D eigenvalue weighted by molar-refractivity contribution is 7.51. The van der Waals surface area contributed by atoms with Crippen LogP contribution < -0.4 is 9.47 Å². The van der Waals surface area contributed by atoms with Crippen LogP contribution in [0.15, 0.2) is 18.2 Å². The third kappa shape index (κ3) is 7.81. The molecular weight excluding hydrogens is 323 g/mol. The minimum atomic E-state index is -3.79. The van der Waals surface area contributed by atoms with E-state index in [-0.39, 0.29) is 38.7 Å². The summed E-state index contributed by atoms with van der Waals surface area (Å²) in [7, 11) is -3.79. The molecule has 1 aromatic rings. The summed E-state index contributed by atoms with van der Waals surface area (Å²) in [6, 6.07) is 4.79. The average molecular weight is 348 g/mol. The molecule has 0 aliphatic carbocycles. The first-order valence-electron chi connectivity index (χ1n) is 7.51. The predicted octanol–water partition coefficient (Wildman–Crippen LogP) is 1.93. The molecule has 1 aromatic carbocycles. The second-order valence-electron chi connectivity index (χ2n) is 5.08. The van der Waals surface area contributed by atoms with Crippen molar-refractivity contribution in [3.05, 3.63) is 23.8 Å². The average Bonchev–Trinajstić information content (AvgIpc) is 2.49. The number of aliphatic hydroxyl groups excluding tert-OH is 2. The molecule has 2 atom stereocenters. The Bertz CT molecular complexity index is 494. The Morgan fingerprint density at radius 2 is 1.61 bits per heavy atom. The van der Waals surface area contributed by atoms with E-state index in [1.54, 1.807) is 25.1 Å². The van der Waals surface area contributed by atoms with Gasteiger partial charge in [0.05, 0.1) is 25.5 Å². The smallest absolute Gasteiger partial charge is 0.332 e. The van der Waals surface area contributed by atoms with Crippen LogP contribution in [-0.4, -0.2) is 47.6 Å². The zero-order valence-electron chi connectivity index (χ0n) is 13.5. The fourth-order valence-corrected chi connectivity index (χ4v) is 3.27. The van der Waals surface area contributed by atoms with Crippen molar-refractivity contribution in [2.75, 3.05) is 26.4 Å². The monoisotopic (exact) mass is 348 g/mol. The number of hydrogen-bond donors (Lipinski definition) is 3. The van der Waals surface area contributed by atoms with E-state index in [1.165, 1.54) is 0 Å². The van der Waals surface area contributed by atoms with E-state index in [0.717, 1.165) is 0 Å². The normalized spacial score (nSPS) is 15.0. The third-order valence-electron chi connectivity index (χ3n) is 2.96. The van der Waals surface area contributed by atoms with Gasteiger partial charge < -0.3 is 29.1 Å². The van der Waals surface area contributed by atoms with E-state index >= 15 is 0 Å². The van der Waals surface area contributed by atoms with Crippen molar-refractivity contribution in [1.82, 2.24) is 0 Å². The molecule has 7 nitrogen and oxygen atoms in total. The summed E-state index contributed by atoms with van der Waals surface area (Å²) in [5.41, 5.74) is 0.516. The summed E-state index contributed by atoms with van der Waals surface area (Å²) in [6.07, 6.45) is 0.142. The molecule has 0 heterocycles. The highest BCUT2D eigenvalue weighted by Gasteiger charge is 2.23. The molecule has 23 heavy (non-hydrogen) atoms. The fourth-order valence-electron chi connectivity index (χ4n) is 1.84. The Labute approximate surface area is 136 Å². The Morgan fingerprint density at radius 3 is 2.04 bits per heavy atom. The van der Waals surface area contributed by atoms with E-state index in [9.17, 15) is 9.46 Å². The van der Waals surface area contributed by atoms with Gasteiger partial charge in [-0.1, -0.05) is 6.92 Å². The minimum Gasteiger partial charge on any atom is -0.491 e. The topological polar surface area (TPSA) is 105 Å². The molecule has 0 aliphatic rings. The third-order valence-corrected chi connectivity index (χ3v) is 4.42. The van der Waals surface area contributed by atoms with Crippen molar-refractivity contribution in [3.8, 4) is 11.5 Å². The van der Waals surface area contributed by atoms with Crippen LogP contribution in [0, 0.1) is 0 Å². The van der Waals surface area contributed by atoms with Gasteiger partial charge in [0.2, 0.25) is 0 Å². The molecule has 3 N–H and O–H groups in total. The standard InChI is InChI=1S/C15H25O7P/c1-3-12(2)22-23(18,19)11-13-8-14(20-6-4-16)10-15(9-13)21-7-5-17/h8-10,12,16-17H,3-7,11H2,1-2H3,(H,18,19). The number of ether oxygens (including phenoxy) is 2. The second-order valence-corrected chi connectivity index (χ2v) is 6.88. The fraction of sp³-hybridized carbons (Fsp3) is 0.600. The van der Waals surface area contributed by atoms with Crippen molar-refractivity contribution in [1.29, 1.82) is 0 Å². The lowest BCUT2D eigenvalue weighted by atomic mass is 10.2. The van der Waals surface area contributed by atoms with Crippen LogP contribution in [0.1, 0.15) is 25.8 Å². The lowest BCUT2D eigenvalue weighted by molar-refractivity contribution is 0.184. The molecule has 8 heteroatoms. The lowest BCUT2D eigenvalue weighted by Gasteiger charge is -2.18. The maximum absolute atomic E-state index is 12.2. The van der Waals surface area contributed by atoms with Gasteiger partial charge in [-0.05, 0) is 31.0 Å². The van der Waals surface area contributed by atoms with Crippen molar-refractivity contribution in [2.45, 2.75) is 32.5 Å². The van der Waals surface area contributed by atoms with Gasteiger partial charge in [-0.25, -0.2) is 0 Å². The van der Waals surface area contributed by atoms with Crippen molar-refractivity contribution < 1.29 is 33.7 Å². The van der Waals surface area contributed by atoms with Crippen LogP contribution in [0.3, 0.4) is 0 Å². The molecular formula is C15H25O7P. The number of hydrogen-bond acceptors (Lipinski definition) is 6. The van der Waals surface area contributed by atoms with Gasteiger partial charge in [-0.2, -0.15) is 0 Å². The van der Waals surface area contributed by atoms with Crippen molar-refractivity contribution >= 4 is 7.60 Å². The maximum atomic E-state index is 12.2. The lowest BCUT2D eigenvalue weighted by Crippen LogP contribution is -2.07. The van der Waals surface area contributed by atoms with Gasteiger partial charge in [0.25, 0.3) is 0 Å². The summed E-state index contributed by atoms with van der Waals surface area (Å²) < 4.78 is 28.0. The molecule has 0 radical (unpaired) electrons. The molecule has 1 rings (SSSR count). The summed E-state index contributed by atoms with van der Waals surface area (Å²) >= 11 is 0. The second kappa shape index (κ2) is 9.90. The predicted molar refractivity (Wildman–Crippen MR) is 86.0 cm³/mol. The molecule has 0 amide bonds. The molecule has 0 saturated heterocycles.